The minimum atomic E-state index is -0.642. The molecule has 1 aromatic rings. The third-order valence-electron chi connectivity index (χ3n) is 3.05. The van der Waals surface area contributed by atoms with Gasteiger partial charge in [-0.05, 0) is 32.3 Å². The highest BCUT2D eigenvalue weighted by Crippen LogP contribution is 2.22. The summed E-state index contributed by atoms with van der Waals surface area (Å²) in [5.41, 5.74) is 0. The van der Waals surface area contributed by atoms with E-state index in [1.807, 2.05) is 6.92 Å². The van der Waals surface area contributed by atoms with Crippen LogP contribution in [0.1, 0.15) is 36.7 Å². The van der Waals surface area contributed by atoms with Gasteiger partial charge >= 0.3 is 5.88 Å². The fraction of sp³-hybridized carbons (Fsp3) is 0.545. The molecule has 0 spiro atoms. The van der Waals surface area contributed by atoms with Gasteiger partial charge in [-0.25, -0.2) is 0 Å². The number of hydrogen-bond donors (Lipinski definition) is 0. The molecule has 2 rings (SSSR count). The van der Waals surface area contributed by atoms with E-state index in [1.54, 1.807) is 4.90 Å². The molecule has 0 aromatic carbocycles. The van der Waals surface area contributed by atoms with Crippen molar-refractivity contribution in [2.75, 3.05) is 6.54 Å². The predicted molar refractivity (Wildman–Crippen MR) is 59.7 cm³/mol. The highest BCUT2D eigenvalue weighted by Gasteiger charge is 2.27. The molecule has 1 aliphatic rings. The molecule has 6 nitrogen and oxygen atoms in total. The zero-order valence-electron chi connectivity index (χ0n) is 9.59. The van der Waals surface area contributed by atoms with E-state index in [2.05, 4.69) is 0 Å². The zero-order valence-corrected chi connectivity index (χ0v) is 9.59. The molecular formula is C11H14N2O4. The summed E-state index contributed by atoms with van der Waals surface area (Å²) >= 11 is 0. The fourth-order valence-electron chi connectivity index (χ4n) is 2.08. The number of amides is 1. The van der Waals surface area contributed by atoms with Crippen LogP contribution in [-0.2, 0) is 0 Å². The molecule has 2 heterocycles. The molecule has 0 bridgehead atoms. The van der Waals surface area contributed by atoms with Gasteiger partial charge in [-0.1, -0.05) is 0 Å². The van der Waals surface area contributed by atoms with E-state index in [9.17, 15) is 14.9 Å². The molecule has 1 amide bonds. The molecule has 0 saturated carbocycles. The molecule has 0 N–H and O–H groups in total. The Morgan fingerprint density at radius 2 is 2.29 bits per heavy atom. The molecule has 0 aliphatic carbocycles. The lowest BCUT2D eigenvalue weighted by Gasteiger charge is -2.32. The van der Waals surface area contributed by atoms with Gasteiger partial charge in [0, 0.05) is 12.6 Å². The molecule has 1 aromatic heterocycles. The Morgan fingerprint density at radius 3 is 2.88 bits per heavy atom. The number of hydrogen-bond acceptors (Lipinski definition) is 4. The van der Waals surface area contributed by atoms with Gasteiger partial charge in [0.15, 0.2) is 5.76 Å². The summed E-state index contributed by atoms with van der Waals surface area (Å²) in [6, 6.07) is 2.74. The standard InChI is InChI=1S/C11H14N2O4/c1-8-4-2-3-7-12(8)11(14)9-5-6-10(17-9)13(15)16/h5-6,8H,2-4,7H2,1H3. The Bertz CT molecular complexity index is 440. The minimum Gasteiger partial charge on any atom is -0.395 e. The van der Waals surface area contributed by atoms with Crippen LogP contribution in [-0.4, -0.2) is 28.3 Å². The molecule has 1 fully saturated rings. The number of carbonyl (C=O) groups excluding carboxylic acids is 1. The lowest BCUT2D eigenvalue weighted by atomic mass is 10.0. The summed E-state index contributed by atoms with van der Waals surface area (Å²) in [4.78, 5) is 23.6. The molecule has 92 valence electrons. The SMILES string of the molecule is CC1CCCCN1C(=O)c1ccc([N+](=O)[O-])o1. The van der Waals surface area contributed by atoms with Gasteiger partial charge in [0.2, 0.25) is 0 Å². The quantitative estimate of drug-likeness (QED) is 0.584. The highest BCUT2D eigenvalue weighted by molar-refractivity contribution is 5.92. The third kappa shape index (κ3) is 2.30. The molecular weight excluding hydrogens is 224 g/mol. The van der Waals surface area contributed by atoms with Crippen molar-refractivity contribution in [3.05, 3.63) is 28.0 Å². The van der Waals surface area contributed by atoms with E-state index in [1.165, 1.54) is 12.1 Å². The summed E-state index contributed by atoms with van der Waals surface area (Å²) in [7, 11) is 0. The molecule has 1 saturated heterocycles. The van der Waals surface area contributed by atoms with E-state index in [0.29, 0.717) is 6.54 Å². The van der Waals surface area contributed by atoms with Crippen LogP contribution in [0.2, 0.25) is 0 Å². The number of rotatable bonds is 2. The van der Waals surface area contributed by atoms with Crippen molar-refractivity contribution in [1.82, 2.24) is 4.90 Å². The maximum absolute atomic E-state index is 12.1. The van der Waals surface area contributed by atoms with Gasteiger partial charge in [0.25, 0.3) is 5.91 Å². The lowest BCUT2D eigenvalue weighted by Crippen LogP contribution is -2.41. The van der Waals surface area contributed by atoms with Gasteiger partial charge in [-0.3, -0.25) is 14.9 Å². The van der Waals surface area contributed by atoms with Crippen molar-refractivity contribution in [1.29, 1.82) is 0 Å². The van der Waals surface area contributed by atoms with Crippen molar-refractivity contribution >= 4 is 11.8 Å². The summed E-state index contributed by atoms with van der Waals surface area (Å²) in [5, 5.41) is 10.5. The van der Waals surface area contributed by atoms with Crippen LogP contribution in [0.3, 0.4) is 0 Å². The summed E-state index contributed by atoms with van der Waals surface area (Å²) in [6.07, 6.45) is 3.05. The van der Waals surface area contributed by atoms with E-state index in [4.69, 9.17) is 4.42 Å². The summed E-state index contributed by atoms with van der Waals surface area (Å²) in [5.74, 6) is -0.603. The number of nitro groups is 1. The third-order valence-corrected chi connectivity index (χ3v) is 3.05. The van der Waals surface area contributed by atoms with E-state index < -0.39 is 10.8 Å². The number of nitrogens with zero attached hydrogens (tertiary/aromatic N) is 2. The Kier molecular flexibility index (Phi) is 3.12. The Hall–Kier alpha value is -1.85. The number of piperidine rings is 1. The van der Waals surface area contributed by atoms with Gasteiger partial charge in [0.1, 0.15) is 4.92 Å². The molecule has 17 heavy (non-hydrogen) atoms. The van der Waals surface area contributed by atoms with Crippen molar-refractivity contribution in [3.8, 4) is 0 Å². The van der Waals surface area contributed by atoms with Crippen LogP contribution in [0.25, 0.3) is 0 Å². The number of carbonyl (C=O) groups is 1. The topological polar surface area (TPSA) is 76.6 Å². The lowest BCUT2D eigenvalue weighted by molar-refractivity contribution is -0.402. The smallest absolute Gasteiger partial charge is 0.395 e. The normalized spacial score (nSPS) is 20.3. The van der Waals surface area contributed by atoms with Crippen molar-refractivity contribution < 1.29 is 14.1 Å². The monoisotopic (exact) mass is 238 g/mol. The van der Waals surface area contributed by atoms with Crippen molar-refractivity contribution in [2.45, 2.75) is 32.2 Å². The van der Waals surface area contributed by atoms with Crippen LogP contribution < -0.4 is 0 Å². The van der Waals surface area contributed by atoms with Crippen LogP contribution in [0.4, 0.5) is 5.88 Å². The largest absolute Gasteiger partial charge is 0.433 e. The second-order valence-electron chi connectivity index (χ2n) is 4.24. The summed E-state index contributed by atoms with van der Waals surface area (Å²) in [6.45, 7) is 2.67. The van der Waals surface area contributed by atoms with Gasteiger partial charge in [-0.2, -0.15) is 0 Å². The number of likely N-dealkylation sites (tertiary alicyclic amines) is 1. The van der Waals surface area contributed by atoms with Gasteiger partial charge < -0.3 is 9.32 Å². The van der Waals surface area contributed by atoms with E-state index in [-0.39, 0.29) is 17.7 Å². The highest BCUT2D eigenvalue weighted by atomic mass is 16.6. The van der Waals surface area contributed by atoms with Crippen molar-refractivity contribution in [3.63, 3.8) is 0 Å². The number of furan rings is 1. The molecule has 0 radical (unpaired) electrons. The first-order valence-corrected chi connectivity index (χ1v) is 5.65. The minimum absolute atomic E-state index is 0.0467. The average Bonchev–Trinajstić information content (AvgIpc) is 2.78. The van der Waals surface area contributed by atoms with Crippen molar-refractivity contribution in [2.24, 2.45) is 0 Å². The van der Waals surface area contributed by atoms with Crippen LogP contribution in [0, 0.1) is 10.1 Å². The van der Waals surface area contributed by atoms with E-state index >= 15 is 0 Å². The average molecular weight is 238 g/mol. The zero-order chi connectivity index (χ0) is 12.4. The van der Waals surface area contributed by atoms with Crippen LogP contribution in [0.15, 0.2) is 16.5 Å². The Balaban J connectivity index is 2.15. The van der Waals surface area contributed by atoms with Crippen LogP contribution >= 0.6 is 0 Å². The Morgan fingerprint density at radius 1 is 1.53 bits per heavy atom. The first-order chi connectivity index (χ1) is 8.09. The second-order valence-corrected chi connectivity index (χ2v) is 4.24. The molecule has 6 heteroatoms. The van der Waals surface area contributed by atoms with Crippen LogP contribution in [0.5, 0.6) is 0 Å². The second kappa shape index (κ2) is 4.57. The first-order valence-electron chi connectivity index (χ1n) is 5.65. The Labute approximate surface area is 98.3 Å². The fourth-order valence-corrected chi connectivity index (χ4v) is 2.08. The maximum atomic E-state index is 12.1. The molecule has 1 aliphatic heterocycles. The predicted octanol–water partition coefficient (Wildman–Crippen LogP) is 2.20. The van der Waals surface area contributed by atoms with Gasteiger partial charge in [0.05, 0.1) is 6.07 Å². The van der Waals surface area contributed by atoms with E-state index in [0.717, 1.165) is 19.3 Å². The first kappa shape index (κ1) is 11.6. The maximum Gasteiger partial charge on any atom is 0.433 e. The van der Waals surface area contributed by atoms with Gasteiger partial charge in [-0.15, -0.1) is 0 Å². The summed E-state index contributed by atoms with van der Waals surface area (Å²) < 4.78 is 4.92. The molecule has 1 atom stereocenters. The molecule has 1 unspecified atom stereocenters.